The van der Waals surface area contributed by atoms with E-state index in [0.29, 0.717) is 12.0 Å². The molecule has 0 radical (unpaired) electrons. The van der Waals surface area contributed by atoms with Crippen molar-refractivity contribution >= 4 is 0 Å². The standard InChI is InChI=1S/C14H21FN2/c1-10(16-2)8-11-4-3-5-13(15)14(11)12-6-7-17-9-12/h3-5,10,12,16-17H,6-9H2,1-2H3/t10-,12+/m1/s1. The lowest BCUT2D eigenvalue weighted by molar-refractivity contribution is 0.565. The summed E-state index contributed by atoms with van der Waals surface area (Å²) in [4.78, 5) is 0. The first kappa shape index (κ1) is 12.5. The van der Waals surface area contributed by atoms with Gasteiger partial charge in [-0.05, 0) is 50.6 Å². The molecule has 1 aliphatic heterocycles. The van der Waals surface area contributed by atoms with Crippen LogP contribution in [0, 0.1) is 5.82 Å². The summed E-state index contributed by atoms with van der Waals surface area (Å²) in [6.07, 6.45) is 1.93. The van der Waals surface area contributed by atoms with Gasteiger partial charge in [-0.2, -0.15) is 0 Å². The predicted molar refractivity (Wildman–Crippen MR) is 68.9 cm³/mol. The van der Waals surface area contributed by atoms with Crippen molar-refractivity contribution in [1.29, 1.82) is 0 Å². The van der Waals surface area contributed by atoms with E-state index in [4.69, 9.17) is 0 Å². The number of likely N-dealkylation sites (N-methyl/N-ethyl adjacent to an activating group) is 1. The summed E-state index contributed by atoms with van der Waals surface area (Å²) in [6, 6.07) is 5.84. The molecule has 17 heavy (non-hydrogen) atoms. The van der Waals surface area contributed by atoms with Gasteiger partial charge in [0, 0.05) is 18.5 Å². The van der Waals surface area contributed by atoms with Gasteiger partial charge in [-0.3, -0.25) is 0 Å². The fourth-order valence-electron chi connectivity index (χ4n) is 2.55. The Hall–Kier alpha value is -0.930. The van der Waals surface area contributed by atoms with E-state index >= 15 is 0 Å². The van der Waals surface area contributed by atoms with Crippen LogP contribution in [0.15, 0.2) is 18.2 Å². The molecule has 0 bridgehead atoms. The normalized spacial score (nSPS) is 21.7. The summed E-state index contributed by atoms with van der Waals surface area (Å²) < 4.78 is 14.0. The molecular formula is C14H21FN2. The summed E-state index contributed by atoms with van der Waals surface area (Å²) in [6.45, 7) is 4.03. The second kappa shape index (κ2) is 5.61. The highest BCUT2D eigenvalue weighted by atomic mass is 19.1. The smallest absolute Gasteiger partial charge is 0.127 e. The van der Waals surface area contributed by atoms with E-state index in [0.717, 1.165) is 37.1 Å². The van der Waals surface area contributed by atoms with Crippen molar-refractivity contribution in [2.45, 2.75) is 31.7 Å². The first-order valence-corrected chi connectivity index (χ1v) is 6.37. The van der Waals surface area contributed by atoms with Crippen LogP contribution in [-0.4, -0.2) is 26.2 Å². The van der Waals surface area contributed by atoms with Crippen LogP contribution in [-0.2, 0) is 6.42 Å². The van der Waals surface area contributed by atoms with E-state index in [1.165, 1.54) is 0 Å². The first-order valence-electron chi connectivity index (χ1n) is 6.37. The first-order chi connectivity index (χ1) is 8.22. The van der Waals surface area contributed by atoms with Gasteiger partial charge in [0.1, 0.15) is 5.82 Å². The monoisotopic (exact) mass is 236 g/mol. The van der Waals surface area contributed by atoms with Gasteiger partial charge in [0.05, 0.1) is 0 Å². The highest BCUT2D eigenvalue weighted by Crippen LogP contribution is 2.28. The Morgan fingerprint density at radius 3 is 3.00 bits per heavy atom. The van der Waals surface area contributed by atoms with Gasteiger partial charge in [-0.1, -0.05) is 12.1 Å². The van der Waals surface area contributed by atoms with Crippen molar-refractivity contribution in [1.82, 2.24) is 10.6 Å². The van der Waals surface area contributed by atoms with Gasteiger partial charge in [-0.25, -0.2) is 4.39 Å². The fraction of sp³-hybridized carbons (Fsp3) is 0.571. The second-order valence-corrected chi connectivity index (χ2v) is 4.90. The van der Waals surface area contributed by atoms with Crippen LogP contribution in [0.4, 0.5) is 4.39 Å². The molecule has 2 atom stereocenters. The number of hydrogen-bond donors (Lipinski definition) is 2. The summed E-state index contributed by atoms with van der Waals surface area (Å²) in [7, 11) is 1.95. The predicted octanol–water partition coefficient (Wildman–Crippen LogP) is 2.05. The SMILES string of the molecule is CN[C@H](C)Cc1cccc(F)c1[C@H]1CCNC1. The summed E-state index contributed by atoms with van der Waals surface area (Å²) in [5.74, 6) is 0.301. The highest BCUT2D eigenvalue weighted by molar-refractivity contribution is 5.33. The largest absolute Gasteiger partial charge is 0.317 e. The zero-order chi connectivity index (χ0) is 12.3. The minimum absolute atomic E-state index is 0.0421. The Labute approximate surface area is 103 Å². The number of rotatable bonds is 4. The van der Waals surface area contributed by atoms with Crippen LogP contribution < -0.4 is 10.6 Å². The summed E-state index contributed by atoms with van der Waals surface area (Å²) in [5, 5.41) is 6.52. The Morgan fingerprint density at radius 1 is 1.53 bits per heavy atom. The minimum Gasteiger partial charge on any atom is -0.317 e. The zero-order valence-corrected chi connectivity index (χ0v) is 10.6. The molecule has 1 aliphatic rings. The molecule has 2 rings (SSSR count). The molecular weight excluding hydrogens is 215 g/mol. The van der Waals surface area contributed by atoms with Gasteiger partial charge in [0.15, 0.2) is 0 Å². The molecule has 1 heterocycles. The molecule has 2 nitrogen and oxygen atoms in total. The average Bonchev–Trinajstić information content (AvgIpc) is 2.82. The van der Waals surface area contributed by atoms with E-state index < -0.39 is 0 Å². The molecule has 2 N–H and O–H groups in total. The van der Waals surface area contributed by atoms with E-state index in [-0.39, 0.29) is 5.82 Å². The molecule has 0 amide bonds. The molecule has 3 heteroatoms. The van der Waals surface area contributed by atoms with Crippen LogP contribution in [0.5, 0.6) is 0 Å². The van der Waals surface area contributed by atoms with Gasteiger partial charge in [0.2, 0.25) is 0 Å². The van der Waals surface area contributed by atoms with Crippen molar-refractivity contribution in [2.75, 3.05) is 20.1 Å². The van der Waals surface area contributed by atoms with Crippen molar-refractivity contribution in [3.05, 3.63) is 35.1 Å². The van der Waals surface area contributed by atoms with Gasteiger partial charge in [-0.15, -0.1) is 0 Å². The Kier molecular flexibility index (Phi) is 4.13. The molecule has 0 spiro atoms. The lowest BCUT2D eigenvalue weighted by Crippen LogP contribution is -2.24. The topological polar surface area (TPSA) is 24.1 Å². The van der Waals surface area contributed by atoms with Crippen molar-refractivity contribution in [3.8, 4) is 0 Å². The molecule has 1 fully saturated rings. The van der Waals surface area contributed by atoms with E-state index in [9.17, 15) is 4.39 Å². The molecule has 1 saturated heterocycles. The lowest BCUT2D eigenvalue weighted by Gasteiger charge is -2.18. The Bertz CT molecular complexity index is 372. The van der Waals surface area contributed by atoms with Crippen LogP contribution in [0.25, 0.3) is 0 Å². The van der Waals surface area contributed by atoms with Crippen LogP contribution in [0.3, 0.4) is 0 Å². The average molecular weight is 236 g/mol. The molecule has 0 unspecified atom stereocenters. The number of halogens is 1. The lowest BCUT2D eigenvalue weighted by atomic mass is 9.90. The quantitative estimate of drug-likeness (QED) is 0.836. The highest BCUT2D eigenvalue weighted by Gasteiger charge is 2.23. The van der Waals surface area contributed by atoms with Gasteiger partial charge in [0.25, 0.3) is 0 Å². The van der Waals surface area contributed by atoms with Crippen LogP contribution in [0.1, 0.15) is 30.4 Å². The third kappa shape index (κ3) is 2.85. The minimum atomic E-state index is -0.0421. The molecule has 1 aromatic carbocycles. The van der Waals surface area contributed by atoms with E-state index in [1.807, 2.05) is 13.1 Å². The van der Waals surface area contributed by atoms with Crippen molar-refractivity contribution in [2.24, 2.45) is 0 Å². The van der Waals surface area contributed by atoms with Crippen molar-refractivity contribution < 1.29 is 4.39 Å². The Morgan fingerprint density at radius 2 is 2.35 bits per heavy atom. The van der Waals surface area contributed by atoms with E-state index in [1.54, 1.807) is 6.07 Å². The van der Waals surface area contributed by atoms with Crippen LogP contribution >= 0.6 is 0 Å². The van der Waals surface area contributed by atoms with Gasteiger partial charge >= 0.3 is 0 Å². The molecule has 0 saturated carbocycles. The maximum atomic E-state index is 14.0. The summed E-state index contributed by atoms with van der Waals surface area (Å²) in [5.41, 5.74) is 2.08. The third-order valence-electron chi connectivity index (χ3n) is 3.63. The molecule has 1 aromatic rings. The third-order valence-corrected chi connectivity index (χ3v) is 3.63. The molecule has 0 aliphatic carbocycles. The van der Waals surface area contributed by atoms with Crippen LogP contribution in [0.2, 0.25) is 0 Å². The maximum Gasteiger partial charge on any atom is 0.127 e. The van der Waals surface area contributed by atoms with E-state index in [2.05, 4.69) is 23.6 Å². The van der Waals surface area contributed by atoms with Gasteiger partial charge < -0.3 is 10.6 Å². The number of hydrogen-bond acceptors (Lipinski definition) is 2. The number of benzene rings is 1. The fourth-order valence-corrected chi connectivity index (χ4v) is 2.55. The summed E-state index contributed by atoms with van der Waals surface area (Å²) >= 11 is 0. The molecule has 0 aromatic heterocycles. The maximum absolute atomic E-state index is 14.0. The number of nitrogens with one attached hydrogen (secondary N) is 2. The zero-order valence-electron chi connectivity index (χ0n) is 10.6. The van der Waals surface area contributed by atoms with Crippen molar-refractivity contribution in [3.63, 3.8) is 0 Å². The second-order valence-electron chi connectivity index (χ2n) is 4.90. The Balaban J connectivity index is 2.27. The molecule has 94 valence electrons.